The average molecular weight is 793 g/mol. The first-order chi connectivity index (χ1) is 28.0. The molecule has 0 saturated carbocycles. The largest absolute Gasteiger partial charge is 0.388 e. The van der Waals surface area contributed by atoms with Gasteiger partial charge in [0.05, 0.1) is 36.6 Å². The second-order valence-electron chi connectivity index (χ2n) is 15.1. The summed E-state index contributed by atoms with van der Waals surface area (Å²) in [6.07, 6.45) is 2.72. The van der Waals surface area contributed by atoms with Gasteiger partial charge in [0.1, 0.15) is 12.2 Å². The number of pyridine rings is 2. The highest BCUT2D eigenvalue weighted by Crippen LogP contribution is 2.21. The van der Waals surface area contributed by atoms with Crippen LogP contribution in [0.2, 0.25) is 0 Å². The van der Waals surface area contributed by atoms with Crippen molar-refractivity contribution in [3.05, 3.63) is 132 Å². The smallest absolute Gasteiger partial charge is 0.223 e. The molecule has 0 aliphatic heterocycles. The van der Waals surface area contributed by atoms with Crippen LogP contribution in [0.25, 0.3) is 0 Å². The minimum absolute atomic E-state index is 0.0407. The SMILES string of the molecule is CCCC(CC(=O)N(C)Cc1ccccn1)C(=O)N[C@@H](Cc1ccccc1)[C@H](O)[C@@H](O)[C@H](Cc1ccccc1)NC(=O)C(CCC)CC(=O)N(C)Cc1ccccn1. The monoisotopic (exact) mass is 792 g/mol. The van der Waals surface area contributed by atoms with Crippen LogP contribution in [0.1, 0.15) is 74.9 Å². The molecule has 2 aromatic carbocycles. The Morgan fingerprint density at radius 2 is 0.931 bits per heavy atom. The molecule has 0 aliphatic rings. The summed E-state index contributed by atoms with van der Waals surface area (Å²) in [4.78, 5) is 66.6. The third kappa shape index (κ3) is 14.5. The van der Waals surface area contributed by atoms with E-state index in [-0.39, 0.29) is 37.5 Å². The van der Waals surface area contributed by atoms with E-state index in [0.717, 1.165) is 22.5 Å². The van der Waals surface area contributed by atoms with E-state index >= 15 is 0 Å². The lowest BCUT2D eigenvalue weighted by Gasteiger charge is -2.34. The summed E-state index contributed by atoms with van der Waals surface area (Å²) in [6.45, 7) is 4.48. The number of aromatic nitrogens is 2. The van der Waals surface area contributed by atoms with Crippen LogP contribution < -0.4 is 10.6 Å². The zero-order valence-electron chi connectivity index (χ0n) is 34.2. The van der Waals surface area contributed by atoms with Crippen LogP contribution in [0.4, 0.5) is 0 Å². The standard InChI is InChI=1S/C46H60N6O6/c1-5-17-35(29-41(53)51(3)31-37-23-13-15-25-47-37)45(57)49-39(27-33-19-9-7-10-20-33)43(55)44(56)40(28-34-21-11-8-12-22-34)50-46(58)36(18-6-2)30-42(54)52(4)32-38-24-14-16-26-48-38/h7-16,19-26,35-36,39-40,43-44,55-56H,5-6,17-18,27-32H2,1-4H3,(H,49,57)(H,50,58)/t35?,36?,39-,40-,43-,44-/m0/s1. The topological polar surface area (TPSA) is 165 Å². The van der Waals surface area contributed by atoms with Crippen molar-refractivity contribution < 1.29 is 29.4 Å². The lowest BCUT2D eigenvalue weighted by atomic mass is 9.89. The van der Waals surface area contributed by atoms with Crippen molar-refractivity contribution in [2.45, 2.75) is 103 Å². The minimum Gasteiger partial charge on any atom is -0.388 e. The molecule has 4 N–H and O–H groups in total. The van der Waals surface area contributed by atoms with Crippen molar-refractivity contribution in [3.63, 3.8) is 0 Å². The zero-order valence-corrected chi connectivity index (χ0v) is 34.2. The fraction of sp³-hybridized carbons (Fsp3) is 0.435. The second-order valence-corrected chi connectivity index (χ2v) is 15.1. The Labute approximate surface area is 343 Å². The fourth-order valence-corrected chi connectivity index (χ4v) is 7.06. The third-order valence-electron chi connectivity index (χ3n) is 10.4. The Balaban J connectivity index is 1.54. The first-order valence-corrected chi connectivity index (χ1v) is 20.3. The molecule has 12 heteroatoms. The van der Waals surface area contributed by atoms with E-state index < -0.39 is 47.9 Å². The number of rotatable bonds is 23. The summed E-state index contributed by atoms with van der Waals surface area (Å²) in [5.74, 6) is -2.62. The van der Waals surface area contributed by atoms with Crippen LogP contribution in [0.5, 0.6) is 0 Å². The summed E-state index contributed by atoms with van der Waals surface area (Å²) in [5.41, 5.74) is 3.09. The van der Waals surface area contributed by atoms with Gasteiger partial charge >= 0.3 is 0 Å². The minimum atomic E-state index is -1.53. The molecule has 0 fully saturated rings. The van der Waals surface area contributed by atoms with Crippen LogP contribution >= 0.6 is 0 Å². The van der Waals surface area contributed by atoms with E-state index in [4.69, 9.17) is 0 Å². The summed E-state index contributed by atoms with van der Waals surface area (Å²) in [5, 5.41) is 30.1. The molecule has 0 radical (unpaired) electrons. The lowest BCUT2D eigenvalue weighted by Crippen LogP contribution is -2.58. The van der Waals surface area contributed by atoms with E-state index in [2.05, 4.69) is 20.6 Å². The maximum absolute atomic E-state index is 14.1. The van der Waals surface area contributed by atoms with Crippen molar-refractivity contribution >= 4 is 23.6 Å². The molecular weight excluding hydrogens is 733 g/mol. The molecule has 310 valence electrons. The summed E-state index contributed by atoms with van der Waals surface area (Å²) in [7, 11) is 3.36. The van der Waals surface area contributed by atoms with Gasteiger partial charge in [-0.15, -0.1) is 0 Å². The first-order valence-electron chi connectivity index (χ1n) is 20.3. The molecule has 0 bridgehead atoms. The Bertz CT molecular complexity index is 1700. The first kappa shape index (κ1) is 45.2. The predicted octanol–water partition coefficient (Wildman–Crippen LogP) is 4.88. The quantitative estimate of drug-likeness (QED) is 0.0826. The van der Waals surface area contributed by atoms with Crippen LogP contribution in [-0.2, 0) is 45.1 Å². The third-order valence-corrected chi connectivity index (χ3v) is 10.4. The van der Waals surface area contributed by atoms with Crippen LogP contribution in [0.15, 0.2) is 109 Å². The van der Waals surface area contributed by atoms with Crippen molar-refractivity contribution in [3.8, 4) is 0 Å². The van der Waals surface area contributed by atoms with Gasteiger partial charge < -0.3 is 30.6 Å². The number of nitrogens with one attached hydrogen (secondary N) is 2. The van der Waals surface area contributed by atoms with E-state index in [9.17, 15) is 29.4 Å². The maximum atomic E-state index is 14.1. The Morgan fingerprint density at radius 1 is 0.569 bits per heavy atom. The fourth-order valence-electron chi connectivity index (χ4n) is 7.06. The lowest BCUT2D eigenvalue weighted by molar-refractivity contribution is -0.137. The Hall–Kier alpha value is -5.46. The van der Waals surface area contributed by atoms with Gasteiger partial charge in [0.15, 0.2) is 0 Å². The molecule has 0 aliphatic carbocycles. The molecular formula is C46H60N6O6. The molecule has 12 nitrogen and oxygen atoms in total. The number of hydrogen-bond acceptors (Lipinski definition) is 8. The maximum Gasteiger partial charge on any atom is 0.223 e. The van der Waals surface area contributed by atoms with Gasteiger partial charge in [-0.25, -0.2) is 0 Å². The van der Waals surface area contributed by atoms with Gasteiger partial charge in [-0.1, -0.05) is 99.5 Å². The number of nitrogens with zero attached hydrogens (tertiary/aromatic N) is 4. The van der Waals surface area contributed by atoms with E-state index in [1.54, 1.807) is 48.4 Å². The Morgan fingerprint density at radius 3 is 1.26 bits per heavy atom. The van der Waals surface area contributed by atoms with Gasteiger partial charge in [0, 0.05) is 51.2 Å². The van der Waals surface area contributed by atoms with E-state index in [0.29, 0.717) is 38.8 Å². The molecule has 0 saturated heterocycles. The van der Waals surface area contributed by atoms with Crippen LogP contribution in [-0.4, -0.2) is 92.0 Å². The number of aliphatic hydroxyl groups is 2. The molecule has 2 aromatic heterocycles. The molecule has 4 aromatic rings. The molecule has 6 atom stereocenters. The normalized spacial score (nSPS) is 14.2. The molecule has 2 unspecified atom stereocenters. The highest BCUT2D eigenvalue weighted by molar-refractivity contribution is 5.86. The molecule has 2 heterocycles. The summed E-state index contributed by atoms with van der Waals surface area (Å²) < 4.78 is 0. The average Bonchev–Trinajstić information content (AvgIpc) is 3.23. The predicted molar refractivity (Wildman–Crippen MR) is 224 cm³/mol. The van der Waals surface area contributed by atoms with Crippen molar-refractivity contribution in [1.29, 1.82) is 0 Å². The zero-order chi connectivity index (χ0) is 41.9. The number of amides is 4. The highest BCUT2D eigenvalue weighted by Gasteiger charge is 2.37. The second kappa shape index (κ2) is 23.7. The van der Waals surface area contributed by atoms with Gasteiger partial charge in [-0.3, -0.25) is 29.1 Å². The van der Waals surface area contributed by atoms with Crippen molar-refractivity contribution in [2.24, 2.45) is 11.8 Å². The van der Waals surface area contributed by atoms with Gasteiger partial charge in [0.25, 0.3) is 0 Å². The molecule has 4 amide bonds. The van der Waals surface area contributed by atoms with Crippen LogP contribution in [0, 0.1) is 11.8 Å². The van der Waals surface area contributed by atoms with Gasteiger partial charge in [-0.05, 0) is 61.1 Å². The number of carbonyl (C=O) groups excluding carboxylic acids is 4. The van der Waals surface area contributed by atoms with Crippen molar-refractivity contribution in [1.82, 2.24) is 30.4 Å². The molecule has 0 spiro atoms. The number of carbonyl (C=O) groups is 4. The highest BCUT2D eigenvalue weighted by atomic mass is 16.3. The van der Waals surface area contributed by atoms with Gasteiger partial charge in [-0.2, -0.15) is 0 Å². The number of aliphatic hydroxyl groups excluding tert-OH is 2. The number of benzene rings is 2. The summed E-state index contributed by atoms with van der Waals surface area (Å²) in [6, 6.07) is 27.7. The molecule has 58 heavy (non-hydrogen) atoms. The number of hydrogen-bond donors (Lipinski definition) is 4. The van der Waals surface area contributed by atoms with Crippen molar-refractivity contribution in [2.75, 3.05) is 14.1 Å². The molecule has 4 rings (SSSR count). The van der Waals surface area contributed by atoms with E-state index in [1.165, 1.54) is 0 Å². The van der Waals surface area contributed by atoms with Gasteiger partial charge in [0.2, 0.25) is 23.6 Å². The summed E-state index contributed by atoms with van der Waals surface area (Å²) >= 11 is 0. The Kier molecular flexibility index (Phi) is 18.5. The van der Waals surface area contributed by atoms with Crippen LogP contribution in [0.3, 0.4) is 0 Å². The van der Waals surface area contributed by atoms with E-state index in [1.807, 2.05) is 98.8 Å².